The number of rotatable bonds is 8. The lowest BCUT2D eigenvalue weighted by Crippen LogP contribution is -2.57. The molecular weight excluding hydrogens is 354 g/mol. The topological polar surface area (TPSA) is 104 Å². The summed E-state index contributed by atoms with van der Waals surface area (Å²) in [6.07, 6.45) is 4.23. The van der Waals surface area contributed by atoms with Gasteiger partial charge in [0.05, 0.1) is 18.9 Å². The van der Waals surface area contributed by atoms with Crippen molar-refractivity contribution in [3.8, 4) is 11.9 Å². The van der Waals surface area contributed by atoms with Crippen LogP contribution in [0.1, 0.15) is 50.7 Å². The Kier molecular flexibility index (Phi) is 6.10. The van der Waals surface area contributed by atoms with E-state index in [1.165, 1.54) is 0 Å². The fourth-order valence-electron chi connectivity index (χ4n) is 3.30. The van der Waals surface area contributed by atoms with Crippen LogP contribution in [0.5, 0.6) is 5.88 Å². The number of nitrogens with zero attached hydrogens (tertiary/aromatic N) is 4. The monoisotopic (exact) mass is 381 g/mol. The molecule has 2 heterocycles. The Balaban J connectivity index is 1.62. The molecule has 0 bridgehead atoms. The van der Waals surface area contributed by atoms with E-state index in [-0.39, 0.29) is 17.6 Å². The van der Waals surface area contributed by atoms with Gasteiger partial charge in [-0.1, -0.05) is 19.9 Å². The first-order valence-electron chi connectivity index (χ1n) is 9.73. The van der Waals surface area contributed by atoms with Crippen molar-refractivity contribution in [1.29, 1.82) is 5.26 Å². The highest BCUT2D eigenvalue weighted by Crippen LogP contribution is 2.42. The van der Waals surface area contributed by atoms with Crippen molar-refractivity contribution in [3.63, 3.8) is 0 Å². The molecule has 0 spiro atoms. The van der Waals surface area contributed by atoms with Gasteiger partial charge in [0.15, 0.2) is 0 Å². The number of hydrogen-bond donors (Lipinski definition) is 2. The number of aromatic nitrogens is 3. The number of hydrogen-bond acceptors (Lipinski definition) is 7. The Labute approximate surface area is 165 Å². The first-order chi connectivity index (χ1) is 13.4. The van der Waals surface area contributed by atoms with Crippen LogP contribution in [0.4, 0.5) is 5.82 Å². The maximum atomic E-state index is 9.93. The summed E-state index contributed by atoms with van der Waals surface area (Å²) in [5.74, 6) is 1.89. The molecule has 148 valence electrons. The first kappa shape index (κ1) is 20.0. The van der Waals surface area contributed by atoms with E-state index in [9.17, 15) is 10.4 Å². The summed E-state index contributed by atoms with van der Waals surface area (Å²) in [5, 5.41) is 22.6. The average Bonchev–Trinajstić information content (AvgIpc) is 2.68. The largest absolute Gasteiger partial charge is 0.478 e. The van der Waals surface area contributed by atoms with E-state index in [1.807, 2.05) is 39.0 Å². The molecule has 0 aromatic carbocycles. The molecule has 0 amide bonds. The van der Waals surface area contributed by atoms with Crippen LogP contribution in [-0.4, -0.2) is 38.8 Å². The second-order valence-corrected chi connectivity index (χ2v) is 7.68. The van der Waals surface area contributed by atoms with Gasteiger partial charge in [-0.15, -0.1) is 0 Å². The van der Waals surface area contributed by atoms with Crippen LogP contribution < -0.4 is 10.1 Å². The third-order valence-electron chi connectivity index (χ3n) is 5.39. The number of anilines is 1. The lowest BCUT2D eigenvalue weighted by atomic mass is 9.64. The number of nitriles is 1. The van der Waals surface area contributed by atoms with Crippen LogP contribution in [0.3, 0.4) is 0 Å². The SMILES string of the molecule is CCOc1cccc(CCCc2ncc(C#N)c(N[C@@H]3C[C@H](O)C3(C)C)n2)n1. The number of nitrogens with one attached hydrogen (secondary N) is 1. The van der Waals surface area contributed by atoms with Gasteiger partial charge >= 0.3 is 0 Å². The molecule has 3 rings (SSSR count). The van der Waals surface area contributed by atoms with E-state index in [0.29, 0.717) is 42.5 Å². The number of ether oxygens (including phenoxy) is 1. The van der Waals surface area contributed by atoms with E-state index in [1.54, 1.807) is 6.20 Å². The summed E-state index contributed by atoms with van der Waals surface area (Å²) in [6.45, 7) is 6.56. The fraction of sp³-hybridized carbons (Fsp3) is 0.524. The standard InChI is InChI=1S/C21H27N5O2/c1-4-28-19-10-6-8-15(24-19)7-5-9-18-23-13-14(12-22)20(26-18)25-16-11-17(27)21(16,2)3/h6,8,10,13,16-17,27H,4-5,7,9,11H2,1-3H3,(H,23,25,26)/t16-,17+/m1/s1. The minimum absolute atomic E-state index is 0.0860. The molecule has 1 saturated carbocycles. The van der Waals surface area contributed by atoms with Gasteiger partial charge in [-0.25, -0.2) is 15.0 Å². The number of aryl methyl sites for hydroxylation is 2. The lowest BCUT2D eigenvalue weighted by molar-refractivity contribution is -0.0511. The number of aliphatic hydroxyl groups is 1. The van der Waals surface area contributed by atoms with Gasteiger partial charge < -0.3 is 15.2 Å². The van der Waals surface area contributed by atoms with Gasteiger partial charge in [0.1, 0.15) is 23.3 Å². The second kappa shape index (κ2) is 8.53. The maximum Gasteiger partial charge on any atom is 0.213 e. The van der Waals surface area contributed by atoms with Crippen LogP contribution in [0.15, 0.2) is 24.4 Å². The van der Waals surface area contributed by atoms with E-state index in [0.717, 1.165) is 18.5 Å². The molecule has 0 aliphatic heterocycles. The zero-order chi connectivity index (χ0) is 20.1. The molecule has 28 heavy (non-hydrogen) atoms. The van der Waals surface area contributed by atoms with Crippen molar-refractivity contribution in [1.82, 2.24) is 15.0 Å². The molecule has 7 nitrogen and oxygen atoms in total. The molecule has 2 N–H and O–H groups in total. The van der Waals surface area contributed by atoms with Crippen molar-refractivity contribution in [3.05, 3.63) is 41.5 Å². The molecular formula is C21H27N5O2. The van der Waals surface area contributed by atoms with Crippen molar-refractivity contribution >= 4 is 5.82 Å². The van der Waals surface area contributed by atoms with Gasteiger partial charge in [0.2, 0.25) is 5.88 Å². The summed E-state index contributed by atoms with van der Waals surface area (Å²) in [7, 11) is 0. The van der Waals surface area contributed by atoms with Gasteiger partial charge in [0, 0.05) is 29.6 Å². The number of pyridine rings is 1. The Bertz CT molecular complexity index is 862. The van der Waals surface area contributed by atoms with Crippen molar-refractivity contribution < 1.29 is 9.84 Å². The minimum Gasteiger partial charge on any atom is -0.478 e. The van der Waals surface area contributed by atoms with Crippen molar-refractivity contribution in [2.75, 3.05) is 11.9 Å². The van der Waals surface area contributed by atoms with Gasteiger partial charge in [-0.3, -0.25) is 0 Å². The zero-order valence-electron chi connectivity index (χ0n) is 16.6. The molecule has 2 atom stereocenters. The van der Waals surface area contributed by atoms with E-state index in [4.69, 9.17) is 4.74 Å². The Morgan fingerprint density at radius 3 is 2.82 bits per heavy atom. The smallest absolute Gasteiger partial charge is 0.213 e. The van der Waals surface area contributed by atoms with E-state index < -0.39 is 0 Å². The molecule has 7 heteroatoms. The van der Waals surface area contributed by atoms with Crippen molar-refractivity contribution in [2.24, 2.45) is 5.41 Å². The Morgan fingerprint density at radius 2 is 2.14 bits per heavy atom. The van der Waals surface area contributed by atoms with Crippen LogP contribution in [0, 0.1) is 16.7 Å². The minimum atomic E-state index is -0.336. The predicted molar refractivity (Wildman–Crippen MR) is 106 cm³/mol. The Hall–Kier alpha value is -2.72. The van der Waals surface area contributed by atoms with Gasteiger partial charge in [-0.2, -0.15) is 5.26 Å². The molecule has 0 saturated heterocycles. The highest BCUT2D eigenvalue weighted by molar-refractivity contribution is 5.52. The Morgan fingerprint density at radius 1 is 1.32 bits per heavy atom. The highest BCUT2D eigenvalue weighted by Gasteiger charge is 2.47. The lowest BCUT2D eigenvalue weighted by Gasteiger charge is -2.49. The molecule has 0 radical (unpaired) electrons. The molecule has 2 aromatic rings. The summed E-state index contributed by atoms with van der Waals surface area (Å²) in [5.41, 5.74) is 1.16. The summed E-state index contributed by atoms with van der Waals surface area (Å²) < 4.78 is 5.44. The maximum absolute atomic E-state index is 9.93. The summed E-state index contributed by atoms with van der Waals surface area (Å²) in [4.78, 5) is 13.4. The normalized spacial score (nSPS) is 20.1. The van der Waals surface area contributed by atoms with E-state index >= 15 is 0 Å². The van der Waals surface area contributed by atoms with E-state index in [2.05, 4.69) is 26.3 Å². The molecule has 0 unspecified atom stereocenters. The summed E-state index contributed by atoms with van der Waals surface area (Å²) in [6, 6.07) is 8.01. The van der Waals surface area contributed by atoms with Gasteiger partial charge in [-0.05, 0) is 32.3 Å². The van der Waals surface area contributed by atoms with Crippen LogP contribution in [0.25, 0.3) is 0 Å². The number of aliphatic hydroxyl groups excluding tert-OH is 1. The highest BCUT2D eigenvalue weighted by atomic mass is 16.5. The zero-order valence-corrected chi connectivity index (χ0v) is 16.6. The second-order valence-electron chi connectivity index (χ2n) is 7.68. The fourth-order valence-corrected chi connectivity index (χ4v) is 3.30. The van der Waals surface area contributed by atoms with Gasteiger partial charge in [0.25, 0.3) is 0 Å². The van der Waals surface area contributed by atoms with Crippen LogP contribution in [0.2, 0.25) is 0 Å². The quantitative estimate of drug-likeness (QED) is 0.724. The average molecular weight is 381 g/mol. The van der Waals surface area contributed by atoms with Crippen molar-refractivity contribution in [2.45, 2.75) is 58.6 Å². The molecule has 1 aliphatic carbocycles. The van der Waals surface area contributed by atoms with Crippen LogP contribution in [-0.2, 0) is 12.8 Å². The van der Waals surface area contributed by atoms with Crippen LogP contribution >= 0.6 is 0 Å². The third kappa shape index (κ3) is 4.39. The first-order valence-corrected chi connectivity index (χ1v) is 9.73. The molecule has 2 aromatic heterocycles. The third-order valence-corrected chi connectivity index (χ3v) is 5.39. The molecule has 1 aliphatic rings. The molecule has 1 fully saturated rings. The predicted octanol–water partition coefficient (Wildman–Crippen LogP) is 2.89. The summed E-state index contributed by atoms with van der Waals surface area (Å²) >= 11 is 0.